The number of hydrogen-bond donors (Lipinski definition) is 1. The van der Waals surface area contributed by atoms with Crippen LogP contribution in [0.15, 0.2) is 24.3 Å². The highest BCUT2D eigenvalue weighted by Gasteiger charge is 2.18. The molecule has 0 aromatic heterocycles. The van der Waals surface area contributed by atoms with Crippen LogP contribution < -0.4 is 4.74 Å². The Bertz CT molecular complexity index is 427. The third-order valence-corrected chi connectivity index (χ3v) is 4.48. The number of aliphatic hydroxyl groups is 1. The zero-order valence-electron chi connectivity index (χ0n) is 14.5. The maximum atomic E-state index is 10.0. The summed E-state index contributed by atoms with van der Waals surface area (Å²) >= 11 is 0. The molecule has 23 heavy (non-hydrogen) atoms. The van der Waals surface area contributed by atoms with Crippen molar-refractivity contribution in [1.82, 2.24) is 4.90 Å². The van der Waals surface area contributed by atoms with Crippen molar-refractivity contribution in [2.75, 3.05) is 39.5 Å². The third kappa shape index (κ3) is 6.90. The van der Waals surface area contributed by atoms with Crippen molar-refractivity contribution in [3.63, 3.8) is 0 Å². The van der Waals surface area contributed by atoms with Gasteiger partial charge in [-0.1, -0.05) is 26.0 Å². The minimum atomic E-state index is -0.410. The molecule has 1 aliphatic heterocycles. The molecule has 0 unspecified atom stereocenters. The maximum absolute atomic E-state index is 10.0. The molecule has 0 amide bonds. The number of likely N-dealkylation sites (tertiary alicyclic amines) is 1. The fourth-order valence-corrected chi connectivity index (χ4v) is 2.85. The van der Waals surface area contributed by atoms with Crippen LogP contribution in [-0.2, 0) is 11.2 Å². The van der Waals surface area contributed by atoms with E-state index in [0.29, 0.717) is 26.4 Å². The minimum Gasteiger partial charge on any atom is -0.491 e. The summed E-state index contributed by atoms with van der Waals surface area (Å²) in [5, 5.41) is 10.0. The lowest BCUT2D eigenvalue weighted by atomic mass is 9.99. The fourth-order valence-electron chi connectivity index (χ4n) is 2.85. The highest BCUT2D eigenvalue weighted by Crippen LogP contribution is 2.16. The molecular weight excluding hydrogens is 290 g/mol. The van der Waals surface area contributed by atoms with Crippen molar-refractivity contribution in [3.8, 4) is 5.75 Å². The standard InChI is InChI=1S/C19H31NO3/c1-3-17-4-6-19(7-5-17)23-13-12-22-15-18(21)14-20-10-8-16(2)9-11-20/h4-7,16,18,21H,3,8-15H2,1-2H3/t18-/m0/s1. The molecule has 1 heterocycles. The van der Waals surface area contributed by atoms with Gasteiger partial charge in [0.25, 0.3) is 0 Å². The Labute approximate surface area is 140 Å². The molecule has 4 nitrogen and oxygen atoms in total. The minimum absolute atomic E-state index is 0.379. The third-order valence-electron chi connectivity index (χ3n) is 4.48. The first-order valence-electron chi connectivity index (χ1n) is 8.87. The van der Waals surface area contributed by atoms with E-state index in [2.05, 4.69) is 30.9 Å². The molecule has 0 bridgehead atoms. The van der Waals surface area contributed by atoms with Crippen LogP contribution in [0.25, 0.3) is 0 Å². The highest BCUT2D eigenvalue weighted by atomic mass is 16.5. The van der Waals surface area contributed by atoms with Gasteiger partial charge in [-0.25, -0.2) is 0 Å². The van der Waals surface area contributed by atoms with Gasteiger partial charge in [-0.3, -0.25) is 0 Å². The van der Waals surface area contributed by atoms with E-state index in [-0.39, 0.29) is 0 Å². The summed E-state index contributed by atoms with van der Waals surface area (Å²) < 4.78 is 11.2. The monoisotopic (exact) mass is 321 g/mol. The van der Waals surface area contributed by atoms with Crippen LogP contribution in [0.2, 0.25) is 0 Å². The van der Waals surface area contributed by atoms with Crippen LogP contribution in [0.3, 0.4) is 0 Å². The zero-order chi connectivity index (χ0) is 16.5. The zero-order valence-corrected chi connectivity index (χ0v) is 14.5. The van der Waals surface area contributed by atoms with E-state index in [1.54, 1.807) is 0 Å². The van der Waals surface area contributed by atoms with Gasteiger partial charge in [0.15, 0.2) is 0 Å². The van der Waals surface area contributed by atoms with Crippen molar-refractivity contribution in [1.29, 1.82) is 0 Å². The Balaban J connectivity index is 1.52. The number of piperidine rings is 1. The molecule has 0 radical (unpaired) electrons. The van der Waals surface area contributed by atoms with Gasteiger partial charge >= 0.3 is 0 Å². The van der Waals surface area contributed by atoms with E-state index in [1.807, 2.05) is 12.1 Å². The Morgan fingerprint density at radius 1 is 1.17 bits per heavy atom. The normalized spacial score (nSPS) is 18.0. The molecule has 1 aromatic rings. The molecule has 130 valence electrons. The average Bonchev–Trinajstić information content (AvgIpc) is 2.57. The van der Waals surface area contributed by atoms with Crippen LogP contribution in [-0.4, -0.2) is 55.6 Å². The summed E-state index contributed by atoms with van der Waals surface area (Å²) in [5.41, 5.74) is 1.31. The van der Waals surface area contributed by atoms with Gasteiger partial charge in [-0.15, -0.1) is 0 Å². The molecule has 1 fully saturated rings. The number of nitrogens with zero attached hydrogens (tertiary/aromatic N) is 1. The maximum Gasteiger partial charge on any atom is 0.119 e. The molecule has 2 rings (SSSR count). The summed E-state index contributed by atoms with van der Waals surface area (Å²) in [6.45, 7) is 8.73. The predicted octanol–water partition coefficient (Wildman–Crippen LogP) is 2.74. The van der Waals surface area contributed by atoms with Gasteiger partial charge in [-0.05, 0) is 56.0 Å². The predicted molar refractivity (Wildman–Crippen MR) is 93.0 cm³/mol. The first kappa shape index (κ1) is 18.2. The molecule has 0 aliphatic carbocycles. The van der Waals surface area contributed by atoms with Gasteiger partial charge in [0.1, 0.15) is 12.4 Å². The summed E-state index contributed by atoms with van der Waals surface area (Å²) in [6, 6.07) is 8.15. The summed E-state index contributed by atoms with van der Waals surface area (Å²) in [7, 11) is 0. The highest BCUT2D eigenvalue weighted by molar-refractivity contribution is 5.27. The Hall–Kier alpha value is -1.10. The van der Waals surface area contributed by atoms with Crippen molar-refractivity contribution >= 4 is 0 Å². The molecular formula is C19H31NO3. The first-order chi connectivity index (χ1) is 11.2. The van der Waals surface area contributed by atoms with E-state index in [1.165, 1.54) is 18.4 Å². The second kappa shape index (κ2) is 9.91. The second-order valence-corrected chi connectivity index (χ2v) is 6.56. The molecule has 4 heteroatoms. The molecule has 1 aliphatic rings. The summed E-state index contributed by atoms with van der Waals surface area (Å²) in [5.74, 6) is 1.69. The van der Waals surface area contributed by atoms with Crippen LogP contribution in [0.5, 0.6) is 5.75 Å². The molecule has 0 saturated carbocycles. The molecule has 0 spiro atoms. The van der Waals surface area contributed by atoms with E-state index >= 15 is 0 Å². The SMILES string of the molecule is CCc1ccc(OCCOC[C@@H](O)CN2CCC(C)CC2)cc1. The summed E-state index contributed by atoms with van der Waals surface area (Å²) in [6.07, 6.45) is 3.10. The fraction of sp³-hybridized carbons (Fsp3) is 0.684. The van der Waals surface area contributed by atoms with E-state index in [4.69, 9.17) is 9.47 Å². The van der Waals surface area contributed by atoms with Crippen molar-refractivity contribution in [2.45, 2.75) is 39.2 Å². The lowest BCUT2D eigenvalue weighted by Crippen LogP contribution is -2.40. The Kier molecular flexibility index (Phi) is 7.86. The topological polar surface area (TPSA) is 41.9 Å². The van der Waals surface area contributed by atoms with Crippen LogP contribution in [0.1, 0.15) is 32.3 Å². The van der Waals surface area contributed by atoms with Crippen LogP contribution in [0.4, 0.5) is 0 Å². The van der Waals surface area contributed by atoms with E-state index < -0.39 is 6.10 Å². The largest absolute Gasteiger partial charge is 0.491 e. The molecule has 1 N–H and O–H groups in total. The smallest absolute Gasteiger partial charge is 0.119 e. The van der Waals surface area contributed by atoms with Crippen molar-refractivity contribution < 1.29 is 14.6 Å². The van der Waals surface area contributed by atoms with Crippen molar-refractivity contribution in [2.24, 2.45) is 5.92 Å². The Morgan fingerprint density at radius 2 is 1.87 bits per heavy atom. The lowest BCUT2D eigenvalue weighted by Gasteiger charge is -2.31. The number of β-amino-alcohol motifs (C(OH)–C–C–N with tert-alkyl or cyclic N) is 1. The quantitative estimate of drug-likeness (QED) is 0.710. The molecule has 1 saturated heterocycles. The Morgan fingerprint density at radius 3 is 2.52 bits per heavy atom. The number of hydrogen-bond acceptors (Lipinski definition) is 4. The van der Waals surface area contributed by atoms with Gasteiger partial charge in [0, 0.05) is 6.54 Å². The van der Waals surface area contributed by atoms with E-state index in [0.717, 1.165) is 31.2 Å². The average molecular weight is 321 g/mol. The van der Waals surface area contributed by atoms with Gasteiger partial charge in [-0.2, -0.15) is 0 Å². The van der Waals surface area contributed by atoms with E-state index in [9.17, 15) is 5.11 Å². The van der Waals surface area contributed by atoms with Crippen LogP contribution >= 0.6 is 0 Å². The van der Waals surface area contributed by atoms with Gasteiger partial charge < -0.3 is 19.5 Å². The molecule has 1 aromatic carbocycles. The lowest BCUT2D eigenvalue weighted by molar-refractivity contribution is 0.00333. The van der Waals surface area contributed by atoms with Crippen LogP contribution in [0, 0.1) is 5.92 Å². The number of aryl methyl sites for hydroxylation is 1. The number of rotatable bonds is 9. The second-order valence-electron chi connectivity index (χ2n) is 6.56. The van der Waals surface area contributed by atoms with Crippen molar-refractivity contribution in [3.05, 3.63) is 29.8 Å². The first-order valence-corrected chi connectivity index (χ1v) is 8.87. The molecule has 1 atom stereocenters. The summed E-state index contributed by atoms with van der Waals surface area (Å²) in [4.78, 5) is 2.33. The number of benzene rings is 1. The van der Waals surface area contributed by atoms with Gasteiger partial charge in [0.05, 0.1) is 19.3 Å². The number of ether oxygens (including phenoxy) is 2. The van der Waals surface area contributed by atoms with Gasteiger partial charge in [0.2, 0.25) is 0 Å². The number of aliphatic hydroxyl groups excluding tert-OH is 1.